The van der Waals surface area contributed by atoms with Crippen LogP contribution in [0.25, 0.3) is 0 Å². The molecule has 0 unspecified atom stereocenters. The van der Waals surface area contributed by atoms with Crippen molar-refractivity contribution < 1.29 is 14.0 Å². The first-order chi connectivity index (χ1) is 10.6. The highest BCUT2D eigenvalue weighted by molar-refractivity contribution is 9.10. The zero-order valence-electron chi connectivity index (χ0n) is 12.0. The van der Waals surface area contributed by atoms with E-state index in [1.807, 2.05) is 31.2 Å². The van der Waals surface area contributed by atoms with E-state index in [1.54, 1.807) is 17.0 Å². The van der Waals surface area contributed by atoms with Crippen LogP contribution in [-0.4, -0.2) is 29.8 Å². The van der Waals surface area contributed by atoms with E-state index in [0.717, 1.165) is 11.1 Å². The second kappa shape index (κ2) is 5.96. The molecule has 0 radical (unpaired) electrons. The largest absolute Gasteiger partial charge is 0.444 e. The van der Waals surface area contributed by atoms with Crippen LogP contribution in [0.4, 0.5) is 0 Å². The van der Waals surface area contributed by atoms with Crippen LogP contribution in [0.15, 0.2) is 45.5 Å². The Morgan fingerprint density at radius 2 is 2.09 bits per heavy atom. The predicted octanol–water partition coefficient (Wildman–Crippen LogP) is 2.66. The van der Waals surface area contributed by atoms with Gasteiger partial charge in [0.1, 0.15) is 6.04 Å². The number of furan rings is 1. The quantitative estimate of drug-likeness (QED) is 0.893. The van der Waals surface area contributed by atoms with Crippen molar-refractivity contribution in [3.05, 3.63) is 58.0 Å². The van der Waals surface area contributed by atoms with Crippen LogP contribution in [0.3, 0.4) is 0 Å². The summed E-state index contributed by atoms with van der Waals surface area (Å²) in [5.41, 5.74) is 1.81. The zero-order valence-corrected chi connectivity index (χ0v) is 13.6. The van der Waals surface area contributed by atoms with Crippen molar-refractivity contribution in [2.75, 3.05) is 13.1 Å². The van der Waals surface area contributed by atoms with Crippen molar-refractivity contribution in [1.29, 1.82) is 0 Å². The maximum atomic E-state index is 12.7. The van der Waals surface area contributed by atoms with Crippen LogP contribution >= 0.6 is 15.9 Å². The number of rotatable bonds is 2. The van der Waals surface area contributed by atoms with Crippen LogP contribution < -0.4 is 5.32 Å². The predicted molar refractivity (Wildman–Crippen MR) is 84.4 cm³/mol. The molecule has 3 rings (SSSR count). The normalized spacial score (nSPS) is 18.2. The van der Waals surface area contributed by atoms with Crippen molar-refractivity contribution in [3.63, 3.8) is 0 Å². The van der Waals surface area contributed by atoms with Gasteiger partial charge in [-0.2, -0.15) is 0 Å². The van der Waals surface area contributed by atoms with E-state index in [4.69, 9.17) is 4.42 Å². The molecule has 0 aliphatic carbocycles. The molecule has 2 amide bonds. The van der Waals surface area contributed by atoms with Crippen LogP contribution in [0.2, 0.25) is 0 Å². The molecular formula is C16H15BrN2O3. The summed E-state index contributed by atoms with van der Waals surface area (Å²) >= 11 is 3.19. The summed E-state index contributed by atoms with van der Waals surface area (Å²) in [7, 11) is 0. The van der Waals surface area contributed by atoms with Gasteiger partial charge in [0.05, 0.1) is 0 Å². The van der Waals surface area contributed by atoms with Gasteiger partial charge in [0.2, 0.25) is 5.91 Å². The molecule has 1 atom stereocenters. The van der Waals surface area contributed by atoms with Gasteiger partial charge < -0.3 is 14.6 Å². The van der Waals surface area contributed by atoms with Crippen LogP contribution in [0.1, 0.15) is 27.7 Å². The number of halogens is 1. The van der Waals surface area contributed by atoms with E-state index in [0.29, 0.717) is 17.8 Å². The number of hydrogen-bond acceptors (Lipinski definition) is 3. The molecule has 0 bridgehead atoms. The molecule has 1 N–H and O–H groups in total. The molecule has 1 aromatic carbocycles. The first-order valence-electron chi connectivity index (χ1n) is 6.97. The molecular weight excluding hydrogens is 348 g/mol. The standard InChI is InChI=1S/C16H15BrN2O3/c1-10-4-2-3-5-11(10)14-15(20)18-8-9-19(14)16(21)12-6-7-13(17)22-12/h2-7,14H,8-9H2,1H3,(H,18,20)/t14-/m0/s1. The summed E-state index contributed by atoms with van der Waals surface area (Å²) in [5, 5.41) is 2.83. The van der Waals surface area contributed by atoms with Gasteiger partial charge in [-0.3, -0.25) is 9.59 Å². The highest BCUT2D eigenvalue weighted by Crippen LogP contribution is 2.28. The molecule has 0 saturated carbocycles. The number of nitrogens with zero attached hydrogens (tertiary/aromatic N) is 1. The van der Waals surface area contributed by atoms with E-state index in [-0.39, 0.29) is 17.6 Å². The summed E-state index contributed by atoms with van der Waals surface area (Å²) in [6.07, 6.45) is 0. The summed E-state index contributed by atoms with van der Waals surface area (Å²) in [4.78, 5) is 26.6. The van der Waals surface area contributed by atoms with E-state index in [2.05, 4.69) is 21.2 Å². The molecule has 0 spiro atoms. The molecule has 1 aliphatic heterocycles. The molecule has 2 heterocycles. The number of carbonyl (C=O) groups is 2. The first-order valence-corrected chi connectivity index (χ1v) is 7.77. The monoisotopic (exact) mass is 362 g/mol. The Morgan fingerprint density at radius 1 is 1.32 bits per heavy atom. The summed E-state index contributed by atoms with van der Waals surface area (Å²) in [6.45, 7) is 2.82. The van der Waals surface area contributed by atoms with Gasteiger partial charge in [-0.15, -0.1) is 0 Å². The minimum absolute atomic E-state index is 0.167. The molecule has 2 aromatic rings. The number of amides is 2. The number of carbonyl (C=O) groups excluding carboxylic acids is 2. The minimum Gasteiger partial charge on any atom is -0.444 e. The Kier molecular flexibility index (Phi) is 4.02. The van der Waals surface area contributed by atoms with E-state index in [9.17, 15) is 9.59 Å². The van der Waals surface area contributed by atoms with Gasteiger partial charge in [0, 0.05) is 13.1 Å². The lowest BCUT2D eigenvalue weighted by molar-refractivity contribution is -0.128. The Labute approximate surface area is 136 Å². The summed E-state index contributed by atoms with van der Waals surface area (Å²) < 4.78 is 5.83. The third-order valence-electron chi connectivity index (χ3n) is 3.74. The third-order valence-corrected chi connectivity index (χ3v) is 4.17. The van der Waals surface area contributed by atoms with Crippen molar-refractivity contribution in [2.45, 2.75) is 13.0 Å². The van der Waals surface area contributed by atoms with Gasteiger partial charge in [0.25, 0.3) is 5.91 Å². The molecule has 6 heteroatoms. The first kappa shape index (κ1) is 14.8. The maximum absolute atomic E-state index is 12.7. The van der Waals surface area contributed by atoms with E-state index >= 15 is 0 Å². The van der Waals surface area contributed by atoms with Gasteiger partial charge >= 0.3 is 0 Å². The van der Waals surface area contributed by atoms with Crippen LogP contribution in [-0.2, 0) is 4.79 Å². The van der Waals surface area contributed by atoms with Crippen molar-refractivity contribution in [1.82, 2.24) is 10.2 Å². The molecule has 1 aromatic heterocycles. The fourth-order valence-corrected chi connectivity index (χ4v) is 2.97. The van der Waals surface area contributed by atoms with Gasteiger partial charge in [-0.25, -0.2) is 0 Å². The lowest BCUT2D eigenvalue weighted by atomic mass is 9.97. The van der Waals surface area contributed by atoms with Gasteiger partial charge in [0.15, 0.2) is 10.4 Å². The minimum atomic E-state index is -0.633. The molecule has 1 saturated heterocycles. The average Bonchev–Trinajstić information content (AvgIpc) is 2.94. The second-order valence-corrected chi connectivity index (χ2v) is 5.93. The van der Waals surface area contributed by atoms with Crippen molar-refractivity contribution in [2.24, 2.45) is 0 Å². The summed E-state index contributed by atoms with van der Waals surface area (Å²) in [6, 6.07) is 10.2. The van der Waals surface area contributed by atoms with Gasteiger partial charge in [-0.05, 0) is 46.1 Å². The van der Waals surface area contributed by atoms with E-state index in [1.165, 1.54) is 0 Å². The van der Waals surface area contributed by atoms with Crippen LogP contribution in [0, 0.1) is 6.92 Å². The number of piperazine rings is 1. The summed E-state index contributed by atoms with van der Waals surface area (Å²) in [5.74, 6) is -0.228. The molecule has 114 valence electrons. The Balaban J connectivity index is 1.99. The number of benzene rings is 1. The van der Waals surface area contributed by atoms with Crippen molar-refractivity contribution >= 4 is 27.7 Å². The smallest absolute Gasteiger partial charge is 0.290 e. The average molecular weight is 363 g/mol. The number of nitrogens with one attached hydrogen (secondary N) is 1. The molecule has 1 fully saturated rings. The maximum Gasteiger partial charge on any atom is 0.290 e. The lowest BCUT2D eigenvalue weighted by Gasteiger charge is -2.35. The topological polar surface area (TPSA) is 62.6 Å². The molecule has 1 aliphatic rings. The Hall–Kier alpha value is -2.08. The Morgan fingerprint density at radius 3 is 2.77 bits per heavy atom. The Bertz CT molecular complexity index is 726. The number of hydrogen-bond donors (Lipinski definition) is 1. The fourth-order valence-electron chi connectivity index (χ4n) is 2.66. The highest BCUT2D eigenvalue weighted by Gasteiger charge is 2.36. The van der Waals surface area contributed by atoms with Gasteiger partial charge in [-0.1, -0.05) is 24.3 Å². The third kappa shape index (κ3) is 2.66. The lowest BCUT2D eigenvalue weighted by Crippen LogP contribution is -2.52. The fraction of sp³-hybridized carbons (Fsp3) is 0.250. The highest BCUT2D eigenvalue weighted by atomic mass is 79.9. The van der Waals surface area contributed by atoms with Crippen LogP contribution in [0.5, 0.6) is 0 Å². The molecule has 22 heavy (non-hydrogen) atoms. The number of aryl methyl sites for hydroxylation is 1. The molecule has 5 nitrogen and oxygen atoms in total. The SMILES string of the molecule is Cc1ccccc1[C@H]1C(=O)NCCN1C(=O)c1ccc(Br)o1. The van der Waals surface area contributed by atoms with E-state index < -0.39 is 6.04 Å². The zero-order chi connectivity index (χ0) is 15.7. The second-order valence-electron chi connectivity index (χ2n) is 5.15. The van der Waals surface area contributed by atoms with Crippen molar-refractivity contribution in [3.8, 4) is 0 Å².